The number of aliphatic hydroxyl groups excluding tert-OH is 1. The van der Waals surface area contributed by atoms with Crippen molar-refractivity contribution in [1.82, 2.24) is 4.90 Å². The largest absolute Gasteiger partial charge is 0.492 e. The molecule has 1 heterocycles. The summed E-state index contributed by atoms with van der Waals surface area (Å²) < 4.78 is 5.83. The van der Waals surface area contributed by atoms with Crippen molar-refractivity contribution in [3.63, 3.8) is 0 Å². The van der Waals surface area contributed by atoms with E-state index in [-0.39, 0.29) is 6.61 Å². The van der Waals surface area contributed by atoms with Crippen LogP contribution in [0.1, 0.15) is 31.7 Å². The molecule has 114 valence electrons. The maximum absolute atomic E-state index is 8.71. The third-order valence-electron chi connectivity index (χ3n) is 4.00. The first-order valence-corrected chi connectivity index (χ1v) is 7.86. The van der Waals surface area contributed by atoms with Crippen LogP contribution in [0.15, 0.2) is 24.3 Å². The van der Waals surface area contributed by atoms with Gasteiger partial charge >= 0.3 is 0 Å². The number of ether oxygens (including phenoxy) is 1. The molecular formula is C18H25NO2. The monoisotopic (exact) mass is 287 g/mol. The first-order chi connectivity index (χ1) is 10.3. The Labute approximate surface area is 127 Å². The third-order valence-corrected chi connectivity index (χ3v) is 4.00. The molecule has 21 heavy (non-hydrogen) atoms. The van der Waals surface area contributed by atoms with Crippen molar-refractivity contribution in [2.24, 2.45) is 5.92 Å². The molecule has 0 spiro atoms. The standard InChI is InChI=1S/C18H25NO2/c1-2-16-7-4-10-19(15-16)11-13-21-18-9-3-6-17(14-18)8-5-12-20/h3,6,9,14,16,20H,2,4,7,10-13,15H2,1H3. The Balaban J connectivity index is 1.78. The van der Waals surface area contributed by atoms with Crippen molar-refractivity contribution in [1.29, 1.82) is 0 Å². The molecule has 0 amide bonds. The van der Waals surface area contributed by atoms with Crippen LogP contribution in [0.4, 0.5) is 0 Å². The average Bonchev–Trinajstić information content (AvgIpc) is 2.53. The maximum Gasteiger partial charge on any atom is 0.120 e. The number of rotatable bonds is 5. The number of nitrogens with zero attached hydrogens (tertiary/aromatic N) is 1. The summed E-state index contributed by atoms with van der Waals surface area (Å²) in [6.45, 7) is 6.28. The second kappa shape index (κ2) is 8.71. The molecule has 1 unspecified atom stereocenters. The van der Waals surface area contributed by atoms with E-state index in [4.69, 9.17) is 9.84 Å². The van der Waals surface area contributed by atoms with Gasteiger partial charge in [0, 0.05) is 18.7 Å². The van der Waals surface area contributed by atoms with Crippen LogP contribution in [0, 0.1) is 17.8 Å². The first-order valence-electron chi connectivity index (χ1n) is 7.86. The van der Waals surface area contributed by atoms with E-state index < -0.39 is 0 Å². The number of piperidine rings is 1. The van der Waals surface area contributed by atoms with E-state index >= 15 is 0 Å². The molecule has 3 heteroatoms. The van der Waals surface area contributed by atoms with Gasteiger partial charge in [-0.3, -0.25) is 4.90 Å². The first kappa shape index (κ1) is 15.9. The molecule has 1 atom stereocenters. The van der Waals surface area contributed by atoms with Crippen molar-refractivity contribution in [2.75, 3.05) is 32.8 Å². The maximum atomic E-state index is 8.71. The van der Waals surface area contributed by atoms with Gasteiger partial charge in [0.2, 0.25) is 0 Å². The number of hydrogen-bond acceptors (Lipinski definition) is 3. The van der Waals surface area contributed by atoms with Crippen LogP contribution in [0.5, 0.6) is 5.75 Å². The zero-order valence-electron chi connectivity index (χ0n) is 12.8. The van der Waals surface area contributed by atoms with Gasteiger partial charge in [-0.2, -0.15) is 0 Å². The van der Waals surface area contributed by atoms with E-state index in [1.807, 2.05) is 24.3 Å². The summed E-state index contributed by atoms with van der Waals surface area (Å²) in [5.74, 6) is 7.26. The van der Waals surface area contributed by atoms with Gasteiger partial charge in [-0.15, -0.1) is 0 Å². The Morgan fingerprint density at radius 1 is 1.43 bits per heavy atom. The fraction of sp³-hybridized carbons (Fsp3) is 0.556. The summed E-state index contributed by atoms with van der Waals surface area (Å²) in [4.78, 5) is 2.51. The molecule has 1 N–H and O–H groups in total. The van der Waals surface area contributed by atoms with Crippen LogP contribution >= 0.6 is 0 Å². The molecule has 1 saturated heterocycles. The molecule has 0 aliphatic carbocycles. The topological polar surface area (TPSA) is 32.7 Å². The quantitative estimate of drug-likeness (QED) is 0.845. The van der Waals surface area contributed by atoms with E-state index in [2.05, 4.69) is 23.7 Å². The summed E-state index contributed by atoms with van der Waals surface area (Å²) in [6, 6.07) is 7.74. The van der Waals surface area contributed by atoms with Gasteiger partial charge in [0.1, 0.15) is 19.0 Å². The molecule has 3 nitrogen and oxygen atoms in total. The lowest BCUT2D eigenvalue weighted by Gasteiger charge is -2.32. The SMILES string of the molecule is CCC1CCCN(CCOc2cccc(C#CCO)c2)C1. The summed E-state index contributed by atoms with van der Waals surface area (Å²) in [5.41, 5.74) is 0.880. The van der Waals surface area contributed by atoms with E-state index in [1.54, 1.807) is 0 Å². The predicted molar refractivity (Wildman–Crippen MR) is 85.4 cm³/mol. The minimum Gasteiger partial charge on any atom is -0.492 e. The summed E-state index contributed by atoms with van der Waals surface area (Å²) >= 11 is 0. The Hall–Kier alpha value is -1.50. The van der Waals surface area contributed by atoms with Crippen molar-refractivity contribution >= 4 is 0 Å². The van der Waals surface area contributed by atoms with Crippen molar-refractivity contribution in [3.05, 3.63) is 29.8 Å². The fourth-order valence-electron chi connectivity index (χ4n) is 2.79. The highest BCUT2D eigenvalue weighted by atomic mass is 16.5. The minimum absolute atomic E-state index is 0.112. The molecule has 1 aromatic rings. The zero-order valence-corrected chi connectivity index (χ0v) is 12.8. The second-order valence-electron chi connectivity index (χ2n) is 5.55. The molecule has 1 fully saturated rings. The highest BCUT2D eigenvalue weighted by Crippen LogP contribution is 2.19. The van der Waals surface area contributed by atoms with E-state index in [0.29, 0.717) is 6.61 Å². The smallest absolute Gasteiger partial charge is 0.120 e. The predicted octanol–water partition coefficient (Wildman–Crippen LogP) is 2.53. The Morgan fingerprint density at radius 3 is 3.14 bits per heavy atom. The number of benzene rings is 1. The second-order valence-corrected chi connectivity index (χ2v) is 5.55. The number of hydrogen-bond donors (Lipinski definition) is 1. The van der Waals surface area contributed by atoms with Crippen LogP contribution in [0.2, 0.25) is 0 Å². The van der Waals surface area contributed by atoms with Gasteiger partial charge < -0.3 is 9.84 Å². The minimum atomic E-state index is -0.112. The number of likely N-dealkylation sites (tertiary alicyclic amines) is 1. The third kappa shape index (κ3) is 5.41. The highest BCUT2D eigenvalue weighted by molar-refractivity contribution is 5.39. The van der Waals surface area contributed by atoms with Gasteiger partial charge in [0.15, 0.2) is 0 Å². The van der Waals surface area contributed by atoms with E-state index in [0.717, 1.165) is 23.8 Å². The van der Waals surface area contributed by atoms with Crippen LogP contribution in [0.25, 0.3) is 0 Å². The molecule has 0 aromatic heterocycles. The molecular weight excluding hydrogens is 262 g/mol. The lowest BCUT2D eigenvalue weighted by Crippen LogP contribution is -2.37. The molecule has 0 radical (unpaired) electrons. The zero-order chi connectivity index (χ0) is 14.9. The van der Waals surface area contributed by atoms with Gasteiger partial charge in [-0.25, -0.2) is 0 Å². The lowest BCUT2D eigenvalue weighted by molar-refractivity contribution is 0.145. The van der Waals surface area contributed by atoms with Crippen molar-refractivity contribution in [3.8, 4) is 17.6 Å². The normalized spacial score (nSPS) is 18.9. The van der Waals surface area contributed by atoms with Crippen LogP contribution in [-0.4, -0.2) is 42.9 Å². The summed E-state index contributed by atoms with van der Waals surface area (Å²) in [6.07, 6.45) is 3.97. The van der Waals surface area contributed by atoms with Crippen LogP contribution < -0.4 is 4.74 Å². The Kier molecular flexibility index (Phi) is 6.59. The fourth-order valence-corrected chi connectivity index (χ4v) is 2.79. The van der Waals surface area contributed by atoms with Crippen molar-refractivity contribution in [2.45, 2.75) is 26.2 Å². The van der Waals surface area contributed by atoms with Crippen LogP contribution in [0.3, 0.4) is 0 Å². The lowest BCUT2D eigenvalue weighted by atomic mass is 9.96. The number of aliphatic hydroxyl groups is 1. The summed E-state index contributed by atoms with van der Waals surface area (Å²) in [5, 5.41) is 8.71. The van der Waals surface area contributed by atoms with E-state index in [1.165, 1.54) is 32.4 Å². The van der Waals surface area contributed by atoms with Gasteiger partial charge in [0.05, 0.1) is 0 Å². The van der Waals surface area contributed by atoms with Gasteiger partial charge in [-0.05, 0) is 43.5 Å². The molecule has 0 bridgehead atoms. The summed E-state index contributed by atoms with van der Waals surface area (Å²) in [7, 11) is 0. The van der Waals surface area contributed by atoms with Gasteiger partial charge in [0.25, 0.3) is 0 Å². The molecule has 1 aromatic carbocycles. The van der Waals surface area contributed by atoms with Gasteiger partial charge in [-0.1, -0.05) is 31.3 Å². The van der Waals surface area contributed by atoms with Crippen molar-refractivity contribution < 1.29 is 9.84 Å². The van der Waals surface area contributed by atoms with Crippen LogP contribution in [-0.2, 0) is 0 Å². The molecule has 1 aliphatic heterocycles. The molecule has 0 saturated carbocycles. The Bertz CT molecular complexity index is 489. The highest BCUT2D eigenvalue weighted by Gasteiger charge is 2.17. The molecule has 2 rings (SSSR count). The Morgan fingerprint density at radius 2 is 2.33 bits per heavy atom. The molecule has 1 aliphatic rings. The average molecular weight is 287 g/mol. The van der Waals surface area contributed by atoms with E-state index in [9.17, 15) is 0 Å².